The van der Waals surface area contributed by atoms with Gasteiger partial charge in [-0.25, -0.2) is 19.3 Å². The number of Topliss-reactive ketones (excluding diaryl/α,β-unsaturated/α-hetero) is 1. The number of hydrogen-bond acceptors (Lipinski definition) is 4. The monoisotopic (exact) mass is 350 g/mol. The molecule has 0 aliphatic heterocycles. The molecule has 2 aromatic heterocycles. The summed E-state index contributed by atoms with van der Waals surface area (Å²) >= 11 is 5.76. The van der Waals surface area contributed by atoms with E-state index in [-0.39, 0.29) is 11.1 Å². The molecule has 128 valence electrons. The fourth-order valence-electron chi connectivity index (χ4n) is 3.56. The van der Waals surface area contributed by atoms with Crippen molar-refractivity contribution in [1.29, 1.82) is 0 Å². The third kappa shape index (κ3) is 3.98. The van der Waals surface area contributed by atoms with E-state index in [4.69, 9.17) is 11.6 Å². The van der Waals surface area contributed by atoms with E-state index in [0.717, 1.165) is 31.9 Å². The Morgan fingerprint density at radius 2 is 2.17 bits per heavy atom. The zero-order valence-electron chi connectivity index (χ0n) is 13.6. The number of hydrogen-bond donors (Lipinski definition) is 0. The van der Waals surface area contributed by atoms with E-state index < -0.39 is 5.82 Å². The molecule has 2 aromatic rings. The number of imidazole rings is 1. The van der Waals surface area contributed by atoms with Gasteiger partial charge in [0.15, 0.2) is 11.6 Å². The third-order valence-electron chi connectivity index (χ3n) is 4.74. The number of nitrogens with zero attached hydrogens (tertiary/aromatic N) is 4. The van der Waals surface area contributed by atoms with Crippen molar-refractivity contribution in [3.8, 4) is 0 Å². The SMILES string of the molecule is Cn1cncc1C(=O)C[C@H]1CCC[C@@H](Cc2nc(Cl)ncc2F)C1. The lowest BCUT2D eigenvalue weighted by molar-refractivity contribution is 0.0931. The zero-order chi connectivity index (χ0) is 17.1. The highest BCUT2D eigenvalue weighted by molar-refractivity contribution is 6.28. The van der Waals surface area contributed by atoms with Gasteiger partial charge in [-0.2, -0.15) is 0 Å². The second-order valence-corrected chi connectivity index (χ2v) is 6.89. The van der Waals surface area contributed by atoms with Gasteiger partial charge in [0.1, 0.15) is 5.69 Å². The second-order valence-electron chi connectivity index (χ2n) is 6.55. The van der Waals surface area contributed by atoms with E-state index >= 15 is 0 Å². The number of carbonyl (C=O) groups excluding carboxylic acids is 1. The van der Waals surface area contributed by atoms with Gasteiger partial charge >= 0.3 is 0 Å². The largest absolute Gasteiger partial charge is 0.331 e. The van der Waals surface area contributed by atoms with Crippen molar-refractivity contribution in [2.45, 2.75) is 38.5 Å². The Morgan fingerprint density at radius 1 is 1.38 bits per heavy atom. The molecule has 1 saturated carbocycles. The van der Waals surface area contributed by atoms with Gasteiger partial charge in [0.05, 0.1) is 24.4 Å². The first-order valence-corrected chi connectivity index (χ1v) is 8.57. The Kier molecular flexibility index (Phi) is 5.23. The smallest absolute Gasteiger partial charge is 0.222 e. The van der Waals surface area contributed by atoms with Crippen LogP contribution in [0.15, 0.2) is 18.7 Å². The van der Waals surface area contributed by atoms with Crippen LogP contribution in [0.25, 0.3) is 0 Å². The molecule has 0 aromatic carbocycles. The van der Waals surface area contributed by atoms with Crippen molar-refractivity contribution in [2.24, 2.45) is 18.9 Å². The molecule has 0 spiro atoms. The van der Waals surface area contributed by atoms with Crippen LogP contribution in [0.3, 0.4) is 0 Å². The fourth-order valence-corrected chi connectivity index (χ4v) is 3.71. The summed E-state index contributed by atoms with van der Waals surface area (Å²) in [7, 11) is 1.82. The first-order valence-electron chi connectivity index (χ1n) is 8.19. The van der Waals surface area contributed by atoms with Gasteiger partial charge < -0.3 is 4.57 Å². The molecule has 0 amide bonds. The van der Waals surface area contributed by atoms with Crippen molar-refractivity contribution in [1.82, 2.24) is 19.5 Å². The Bertz CT molecular complexity index is 733. The maximum absolute atomic E-state index is 13.8. The normalized spacial score (nSPS) is 21.0. The molecule has 0 bridgehead atoms. The fraction of sp³-hybridized carbons (Fsp3) is 0.529. The molecule has 1 aliphatic rings. The lowest BCUT2D eigenvalue weighted by atomic mass is 9.77. The first kappa shape index (κ1) is 17.0. The average Bonchev–Trinajstić information content (AvgIpc) is 2.97. The van der Waals surface area contributed by atoms with Gasteiger partial charge in [-0.15, -0.1) is 0 Å². The van der Waals surface area contributed by atoms with Crippen molar-refractivity contribution >= 4 is 17.4 Å². The van der Waals surface area contributed by atoms with Gasteiger partial charge in [-0.05, 0) is 42.7 Å². The maximum atomic E-state index is 13.8. The van der Waals surface area contributed by atoms with E-state index in [0.29, 0.717) is 36.1 Å². The second kappa shape index (κ2) is 7.38. The highest BCUT2D eigenvalue weighted by Gasteiger charge is 2.26. The molecule has 0 saturated heterocycles. The number of rotatable bonds is 5. The van der Waals surface area contributed by atoms with E-state index in [1.807, 2.05) is 7.05 Å². The van der Waals surface area contributed by atoms with Gasteiger partial charge in [0, 0.05) is 13.5 Å². The van der Waals surface area contributed by atoms with Crippen LogP contribution in [0.2, 0.25) is 5.28 Å². The molecule has 24 heavy (non-hydrogen) atoms. The summed E-state index contributed by atoms with van der Waals surface area (Å²) < 4.78 is 15.6. The Labute approximate surface area is 145 Å². The number of carbonyl (C=O) groups is 1. The molecule has 1 fully saturated rings. The highest BCUT2D eigenvalue weighted by Crippen LogP contribution is 2.34. The van der Waals surface area contributed by atoms with Crippen molar-refractivity contribution in [3.63, 3.8) is 0 Å². The lowest BCUT2D eigenvalue weighted by Crippen LogP contribution is -2.21. The van der Waals surface area contributed by atoms with E-state index in [9.17, 15) is 9.18 Å². The summed E-state index contributed by atoms with van der Waals surface area (Å²) in [4.78, 5) is 24.1. The minimum absolute atomic E-state index is 0.0742. The van der Waals surface area contributed by atoms with Crippen molar-refractivity contribution in [2.75, 3.05) is 0 Å². The van der Waals surface area contributed by atoms with Gasteiger partial charge in [-0.3, -0.25) is 4.79 Å². The van der Waals surface area contributed by atoms with E-state index in [1.54, 1.807) is 17.1 Å². The van der Waals surface area contributed by atoms with Gasteiger partial charge in [-0.1, -0.05) is 12.8 Å². The molecule has 3 rings (SSSR count). The highest BCUT2D eigenvalue weighted by atomic mass is 35.5. The number of ketones is 1. The summed E-state index contributed by atoms with van der Waals surface area (Å²) in [6.07, 6.45) is 9.45. The molecule has 5 nitrogen and oxygen atoms in total. The third-order valence-corrected chi connectivity index (χ3v) is 4.92. The van der Waals surface area contributed by atoms with Crippen LogP contribution in [-0.2, 0) is 13.5 Å². The van der Waals surface area contributed by atoms with Crippen LogP contribution < -0.4 is 0 Å². The predicted octanol–water partition coefficient (Wildman–Crippen LogP) is 3.62. The van der Waals surface area contributed by atoms with Crippen molar-refractivity contribution in [3.05, 3.63) is 41.2 Å². The molecule has 0 radical (unpaired) electrons. The summed E-state index contributed by atoms with van der Waals surface area (Å²) in [6, 6.07) is 0. The Hall–Kier alpha value is -1.82. The maximum Gasteiger partial charge on any atom is 0.222 e. The molecule has 7 heteroatoms. The zero-order valence-corrected chi connectivity index (χ0v) is 14.3. The minimum atomic E-state index is -0.410. The lowest BCUT2D eigenvalue weighted by Gasteiger charge is -2.28. The van der Waals surface area contributed by atoms with Crippen LogP contribution in [-0.4, -0.2) is 25.3 Å². The summed E-state index contributed by atoms with van der Waals surface area (Å²) in [5.74, 6) is 0.361. The quantitative estimate of drug-likeness (QED) is 0.610. The molecule has 1 aliphatic carbocycles. The molecule has 2 heterocycles. The van der Waals surface area contributed by atoms with Crippen molar-refractivity contribution < 1.29 is 9.18 Å². The number of aryl methyl sites for hydroxylation is 1. The van der Waals surface area contributed by atoms with E-state index in [2.05, 4.69) is 15.0 Å². The van der Waals surface area contributed by atoms with Crippen LogP contribution in [0.5, 0.6) is 0 Å². The van der Waals surface area contributed by atoms with Crippen LogP contribution in [0.4, 0.5) is 4.39 Å². The molecule has 0 N–H and O–H groups in total. The molecule has 2 atom stereocenters. The first-order chi connectivity index (χ1) is 11.5. The standard InChI is InChI=1S/C17H20ClFN4O/c1-23-10-20-9-15(23)16(24)7-12-4-2-3-11(5-12)6-14-13(19)8-21-17(18)22-14/h8-12H,2-7H2,1H3/t11-,12+/m1/s1. The minimum Gasteiger partial charge on any atom is -0.331 e. The Morgan fingerprint density at radius 3 is 2.92 bits per heavy atom. The van der Waals surface area contributed by atoms with Crippen LogP contribution in [0.1, 0.15) is 48.3 Å². The molecular formula is C17H20ClFN4O. The average molecular weight is 351 g/mol. The van der Waals surface area contributed by atoms with Crippen LogP contribution in [0, 0.1) is 17.7 Å². The van der Waals surface area contributed by atoms with Gasteiger partial charge in [0.2, 0.25) is 5.28 Å². The molecular weight excluding hydrogens is 331 g/mol. The van der Waals surface area contributed by atoms with E-state index in [1.165, 1.54) is 0 Å². The summed E-state index contributed by atoms with van der Waals surface area (Å²) in [5.41, 5.74) is 1.02. The number of aromatic nitrogens is 4. The predicted molar refractivity (Wildman–Crippen MR) is 88.3 cm³/mol. The summed E-state index contributed by atoms with van der Waals surface area (Å²) in [6.45, 7) is 0. The summed E-state index contributed by atoms with van der Waals surface area (Å²) in [5, 5.41) is 0.0742. The topological polar surface area (TPSA) is 60.7 Å². The number of halogens is 2. The van der Waals surface area contributed by atoms with Gasteiger partial charge in [0.25, 0.3) is 0 Å². The van der Waals surface area contributed by atoms with Crippen LogP contribution >= 0.6 is 11.6 Å². The Balaban J connectivity index is 1.61. The molecule has 0 unspecified atom stereocenters.